The van der Waals surface area contributed by atoms with Crippen LogP contribution >= 0.6 is 11.3 Å². The average molecular weight is 283 g/mol. The van der Waals surface area contributed by atoms with E-state index in [0.29, 0.717) is 11.0 Å². The molecule has 19 heavy (non-hydrogen) atoms. The highest BCUT2D eigenvalue weighted by Crippen LogP contribution is 2.17. The minimum Gasteiger partial charge on any atom is -0.302 e. The van der Waals surface area contributed by atoms with E-state index in [1.165, 1.54) is 30.7 Å². The van der Waals surface area contributed by atoms with Gasteiger partial charge in [0.15, 0.2) is 5.01 Å². The highest BCUT2D eigenvalue weighted by atomic mass is 32.1. The highest BCUT2D eigenvalue weighted by molar-refractivity contribution is 7.11. The first-order valence-corrected chi connectivity index (χ1v) is 7.32. The van der Waals surface area contributed by atoms with Crippen molar-refractivity contribution in [2.24, 2.45) is 5.84 Å². The molecule has 1 atom stereocenters. The van der Waals surface area contributed by atoms with Crippen LogP contribution in [0.4, 0.5) is 0 Å². The number of nitrogen functional groups attached to an aromatic ring is 1. The first-order valence-electron chi connectivity index (χ1n) is 6.44. The normalized spacial score (nSPS) is 20.1. The van der Waals surface area contributed by atoms with E-state index in [1.54, 1.807) is 0 Å². The molecule has 1 aliphatic rings. The van der Waals surface area contributed by atoms with E-state index in [2.05, 4.69) is 34.3 Å². The summed E-state index contributed by atoms with van der Waals surface area (Å²) in [4.78, 5) is 20.3. The standard InChI is InChI=1S/C12H21N5OS/c1-16(7-10-4-3-5-17(10)2)6-9-8-19-12(14-9)11(18)15-13/h8,10H,3-7,13H2,1-2H3,(H,15,18). The lowest BCUT2D eigenvalue weighted by molar-refractivity contribution is 0.0953. The predicted octanol–water partition coefficient (Wildman–Crippen LogP) is 0.273. The Bertz CT molecular complexity index is 436. The maximum atomic E-state index is 11.3. The molecule has 0 saturated carbocycles. The van der Waals surface area contributed by atoms with Crippen LogP contribution in [0.3, 0.4) is 0 Å². The fourth-order valence-electron chi connectivity index (χ4n) is 2.46. The monoisotopic (exact) mass is 283 g/mol. The molecule has 1 aromatic rings. The van der Waals surface area contributed by atoms with Gasteiger partial charge in [0, 0.05) is 24.5 Å². The number of likely N-dealkylation sites (tertiary alicyclic amines) is 1. The van der Waals surface area contributed by atoms with Crippen LogP contribution in [0, 0.1) is 0 Å². The van der Waals surface area contributed by atoms with Crippen LogP contribution in [-0.4, -0.2) is 53.9 Å². The van der Waals surface area contributed by atoms with E-state index in [4.69, 9.17) is 5.84 Å². The van der Waals surface area contributed by atoms with Crippen LogP contribution in [-0.2, 0) is 6.54 Å². The number of hydrogen-bond donors (Lipinski definition) is 2. The Balaban J connectivity index is 1.86. The summed E-state index contributed by atoms with van der Waals surface area (Å²) in [6.07, 6.45) is 2.55. The molecule has 0 radical (unpaired) electrons. The first kappa shape index (κ1) is 14.4. The van der Waals surface area contributed by atoms with Crippen LogP contribution in [0.2, 0.25) is 0 Å². The molecule has 0 spiro atoms. The second-order valence-corrected chi connectivity index (χ2v) is 5.95. The van der Waals surface area contributed by atoms with E-state index >= 15 is 0 Å². The number of thiazole rings is 1. The summed E-state index contributed by atoms with van der Waals surface area (Å²) in [7, 11) is 4.27. The summed E-state index contributed by atoms with van der Waals surface area (Å²) in [5, 5.41) is 2.34. The molecule has 0 aliphatic carbocycles. The van der Waals surface area contributed by atoms with Crippen LogP contribution in [0.15, 0.2) is 5.38 Å². The molecular formula is C12H21N5OS. The number of nitrogens with zero attached hydrogens (tertiary/aromatic N) is 3. The molecule has 3 N–H and O–H groups in total. The van der Waals surface area contributed by atoms with E-state index in [0.717, 1.165) is 18.8 Å². The molecule has 106 valence electrons. The highest BCUT2D eigenvalue weighted by Gasteiger charge is 2.22. The van der Waals surface area contributed by atoms with Crippen LogP contribution in [0.1, 0.15) is 28.3 Å². The maximum absolute atomic E-state index is 11.3. The maximum Gasteiger partial charge on any atom is 0.294 e. The van der Waals surface area contributed by atoms with Gasteiger partial charge in [-0.25, -0.2) is 10.8 Å². The van der Waals surface area contributed by atoms with Gasteiger partial charge in [-0.2, -0.15) is 0 Å². The number of amides is 1. The zero-order valence-corrected chi connectivity index (χ0v) is 12.2. The number of nitrogens with one attached hydrogen (secondary N) is 1. The number of nitrogens with two attached hydrogens (primary N) is 1. The van der Waals surface area contributed by atoms with Crippen molar-refractivity contribution >= 4 is 17.2 Å². The SMILES string of the molecule is CN(Cc1csc(C(=O)NN)n1)CC1CCCN1C. The predicted molar refractivity (Wildman–Crippen MR) is 75.8 cm³/mol. The number of hydrazine groups is 1. The molecule has 1 amide bonds. The Labute approximate surface area is 117 Å². The summed E-state index contributed by atoms with van der Waals surface area (Å²) in [6.45, 7) is 2.99. The Morgan fingerprint density at radius 1 is 1.74 bits per heavy atom. The fraction of sp³-hybridized carbons (Fsp3) is 0.667. The third-order valence-electron chi connectivity index (χ3n) is 3.50. The fourth-order valence-corrected chi connectivity index (χ4v) is 3.17. The van der Waals surface area contributed by atoms with Crippen molar-refractivity contribution in [3.8, 4) is 0 Å². The number of hydrogen-bond acceptors (Lipinski definition) is 6. The van der Waals surface area contributed by atoms with E-state index < -0.39 is 0 Å². The molecule has 0 aromatic carbocycles. The van der Waals surface area contributed by atoms with Crippen molar-refractivity contribution in [2.45, 2.75) is 25.4 Å². The average Bonchev–Trinajstić information content (AvgIpc) is 2.99. The van der Waals surface area contributed by atoms with Crippen LogP contribution < -0.4 is 11.3 Å². The van der Waals surface area contributed by atoms with Crippen molar-refractivity contribution in [3.05, 3.63) is 16.1 Å². The number of aromatic nitrogens is 1. The van der Waals surface area contributed by atoms with Gasteiger partial charge >= 0.3 is 0 Å². The van der Waals surface area contributed by atoms with Crippen molar-refractivity contribution in [2.75, 3.05) is 27.2 Å². The quantitative estimate of drug-likeness (QED) is 0.461. The zero-order valence-electron chi connectivity index (χ0n) is 11.4. The van der Waals surface area contributed by atoms with Gasteiger partial charge in [-0.15, -0.1) is 11.3 Å². The lowest BCUT2D eigenvalue weighted by atomic mass is 10.2. The molecule has 1 aliphatic heterocycles. The Hall–Kier alpha value is -1.02. The minimum atomic E-state index is -0.325. The summed E-state index contributed by atoms with van der Waals surface area (Å²) in [6, 6.07) is 0.635. The summed E-state index contributed by atoms with van der Waals surface area (Å²) in [5.41, 5.74) is 3.02. The molecule has 1 unspecified atom stereocenters. The topological polar surface area (TPSA) is 74.5 Å². The Kier molecular flexibility index (Phi) is 4.87. The molecule has 1 saturated heterocycles. The van der Waals surface area contributed by atoms with Gasteiger partial charge in [0.1, 0.15) is 0 Å². The third-order valence-corrected chi connectivity index (χ3v) is 4.39. The second kappa shape index (κ2) is 6.42. The molecule has 2 rings (SSSR count). The molecular weight excluding hydrogens is 262 g/mol. The van der Waals surface area contributed by atoms with Crippen molar-refractivity contribution < 1.29 is 4.79 Å². The number of likely N-dealkylation sites (N-methyl/N-ethyl adjacent to an activating group) is 2. The Morgan fingerprint density at radius 3 is 3.16 bits per heavy atom. The second-order valence-electron chi connectivity index (χ2n) is 5.09. The lowest BCUT2D eigenvalue weighted by Gasteiger charge is -2.25. The van der Waals surface area contributed by atoms with Gasteiger partial charge in [-0.05, 0) is 33.5 Å². The number of rotatable bonds is 5. The molecule has 1 aromatic heterocycles. The minimum absolute atomic E-state index is 0.325. The van der Waals surface area contributed by atoms with Crippen LogP contribution in [0.25, 0.3) is 0 Å². The Morgan fingerprint density at radius 2 is 2.53 bits per heavy atom. The van der Waals surface area contributed by atoms with Gasteiger partial charge in [0.05, 0.1) is 5.69 Å². The lowest BCUT2D eigenvalue weighted by Crippen LogP contribution is -2.36. The number of carbonyl (C=O) groups excluding carboxylic acids is 1. The van der Waals surface area contributed by atoms with Crippen molar-refractivity contribution in [1.29, 1.82) is 0 Å². The van der Waals surface area contributed by atoms with Crippen LogP contribution in [0.5, 0.6) is 0 Å². The molecule has 0 bridgehead atoms. The summed E-state index contributed by atoms with van der Waals surface area (Å²) in [5.74, 6) is 4.77. The van der Waals surface area contributed by atoms with Crippen molar-refractivity contribution in [3.63, 3.8) is 0 Å². The van der Waals surface area contributed by atoms with E-state index in [9.17, 15) is 4.79 Å². The van der Waals surface area contributed by atoms with Gasteiger partial charge in [0.25, 0.3) is 5.91 Å². The van der Waals surface area contributed by atoms with Gasteiger partial charge in [-0.3, -0.25) is 15.1 Å². The van der Waals surface area contributed by atoms with E-state index in [1.807, 2.05) is 5.38 Å². The first-order chi connectivity index (χ1) is 9.10. The van der Waals surface area contributed by atoms with Gasteiger partial charge in [-0.1, -0.05) is 0 Å². The summed E-state index contributed by atoms with van der Waals surface area (Å²) >= 11 is 1.33. The zero-order chi connectivity index (χ0) is 13.8. The summed E-state index contributed by atoms with van der Waals surface area (Å²) < 4.78 is 0. The van der Waals surface area contributed by atoms with Gasteiger partial charge in [0.2, 0.25) is 0 Å². The van der Waals surface area contributed by atoms with Gasteiger partial charge < -0.3 is 4.90 Å². The van der Waals surface area contributed by atoms with Crippen molar-refractivity contribution in [1.82, 2.24) is 20.2 Å². The van der Waals surface area contributed by atoms with E-state index in [-0.39, 0.29) is 5.91 Å². The molecule has 7 heteroatoms. The molecule has 6 nitrogen and oxygen atoms in total. The molecule has 2 heterocycles. The molecule has 1 fully saturated rings. The third kappa shape index (κ3) is 3.73. The number of carbonyl (C=O) groups is 1. The smallest absolute Gasteiger partial charge is 0.294 e. The largest absolute Gasteiger partial charge is 0.302 e.